The van der Waals surface area contributed by atoms with E-state index in [0.29, 0.717) is 18.4 Å². The molecule has 0 saturated heterocycles. The summed E-state index contributed by atoms with van der Waals surface area (Å²) in [5.74, 6) is -2.73. The fourth-order valence-corrected chi connectivity index (χ4v) is 10.5. The van der Waals surface area contributed by atoms with Crippen molar-refractivity contribution in [1.82, 2.24) is 10.6 Å². The Morgan fingerprint density at radius 1 is 0.725 bits per heavy atom. The second kappa shape index (κ2) is 23.5. The molecule has 3 rings (SSSR count). The number of carbonyl (C=O) groups excluding carboxylic acids is 5. The van der Waals surface area contributed by atoms with Crippen molar-refractivity contribution in [3.63, 3.8) is 0 Å². The first-order chi connectivity index (χ1) is 24.2. The molecular weight excluding hydrogens is 757 g/mol. The monoisotopic (exact) mass is 801 g/mol. The molecule has 0 aliphatic rings. The Labute approximate surface area is 314 Å². The number of ketones is 1. The molecule has 0 heterocycles. The number of nitrogens with zero attached hydrogens (tertiary/aromatic N) is 1. The third-order valence-corrected chi connectivity index (χ3v) is 13.2. The second-order valence-corrected chi connectivity index (χ2v) is 15.8. The fourth-order valence-electron chi connectivity index (χ4n) is 5.64. The minimum Gasteiger partial charge on any atom is -1.00 e. The van der Waals surface area contributed by atoms with E-state index in [9.17, 15) is 28.9 Å². The first-order valence-corrected chi connectivity index (χ1v) is 19.5. The Morgan fingerprint density at radius 3 is 1.73 bits per heavy atom. The highest BCUT2D eigenvalue weighted by Crippen LogP contribution is 2.55. The average molecular weight is 803 g/mol. The van der Waals surface area contributed by atoms with Gasteiger partial charge in [-0.3, -0.25) is 19.2 Å². The van der Waals surface area contributed by atoms with Gasteiger partial charge < -0.3 is 37.1 Å². The molecule has 3 aromatic rings. The van der Waals surface area contributed by atoms with E-state index in [2.05, 4.69) is 92.7 Å². The standard InChI is InChI=1S/C37H44N3O8PS.BrH/c1-3-48-37(45)31(22-24-35(43)39-32(27-50-40-46)33(41)23-25-36(44)47-2)38-34(42)21-13-14-26-49(28-15-7-4-8-16-28,29-17-9-5-10-18-29)30-19-11-6-12-20-30;/h4-12,15-20,31-32H,3,13-14,21-27H2,1-2H3,(H-,38,39,42,43);1H/t31-,32-;/m0./s1. The number of halogens is 1. The molecule has 2 atom stereocenters. The summed E-state index contributed by atoms with van der Waals surface area (Å²) in [5, 5.41) is 9.06. The molecule has 0 aromatic heterocycles. The maximum Gasteiger partial charge on any atom is 0.328 e. The second-order valence-electron chi connectivity index (χ2n) is 11.4. The topological polar surface area (TPSA) is 157 Å². The number of ether oxygens (including phenoxy) is 2. The normalized spacial score (nSPS) is 12.0. The van der Waals surface area contributed by atoms with Gasteiger partial charge in [0.25, 0.3) is 0 Å². The minimum absolute atomic E-state index is 0. The van der Waals surface area contributed by atoms with Crippen molar-refractivity contribution >= 4 is 64.7 Å². The van der Waals surface area contributed by atoms with Crippen molar-refractivity contribution in [2.24, 2.45) is 4.58 Å². The Morgan fingerprint density at radius 2 is 1.24 bits per heavy atom. The van der Waals surface area contributed by atoms with Crippen LogP contribution < -0.4 is 43.5 Å². The Hall–Kier alpha value is -3.93. The van der Waals surface area contributed by atoms with Crippen LogP contribution in [0.1, 0.15) is 51.9 Å². The molecule has 0 radical (unpaired) electrons. The van der Waals surface area contributed by atoms with Crippen LogP contribution in [0.3, 0.4) is 0 Å². The smallest absolute Gasteiger partial charge is 0.328 e. The molecule has 274 valence electrons. The van der Waals surface area contributed by atoms with E-state index < -0.39 is 43.0 Å². The summed E-state index contributed by atoms with van der Waals surface area (Å²) in [5.41, 5.74) is 0. The largest absolute Gasteiger partial charge is 1.00 e. The lowest BCUT2D eigenvalue weighted by Gasteiger charge is -2.27. The van der Waals surface area contributed by atoms with Gasteiger partial charge in [0, 0.05) is 41.5 Å². The number of amides is 2. The van der Waals surface area contributed by atoms with Crippen LogP contribution in [-0.2, 0) is 33.4 Å². The first kappa shape index (κ1) is 43.2. The molecule has 0 aliphatic heterocycles. The van der Waals surface area contributed by atoms with Gasteiger partial charge in [0.15, 0.2) is 5.78 Å². The number of carbonyl (C=O) groups is 5. The summed E-state index contributed by atoms with van der Waals surface area (Å²) < 4.78 is 12.4. The van der Waals surface area contributed by atoms with Gasteiger partial charge >= 0.3 is 11.9 Å². The van der Waals surface area contributed by atoms with E-state index >= 15 is 0 Å². The molecule has 2 N–H and O–H groups in total. The van der Waals surface area contributed by atoms with Gasteiger partial charge in [0.05, 0.1) is 32.3 Å². The van der Waals surface area contributed by atoms with Crippen molar-refractivity contribution in [2.75, 3.05) is 25.6 Å². The molecule has 51 heavy (non-hydrogen) atoms. The summed E-state index contributed by atoms with van der Waals surface area (Å²) in [4.78, 5) is 73.4. The molecule has 0 aliphatic carbocycles. The predicted molar refractivity (Wildman–Crippen MR) is 198 cm³/mol. The highest BCUT2D eigenvalue weighted by Gasteiger charge is 2.44. The lowest BCUT2D eigenvalue weighted by Crippen LogP contribution is -3.00. The quantitative estimate of drug-likeness (QED) is 0.0505. The zero-order valence-electron chi connectivity index (χ0n) is 28.8. The molecule has 3 aromatic carbocycles. The zero-order valence-corrected chi connectivity index (χ0v) is 32.1. The maximum absolute atomic E-state index is 13.1. The number of esters is 2. The number of hydrogen-bond acceptors (Lipinski definition) is 10. The van der Waals surface area contributed by atoms with Gasteiger partial charge in [-0.05, 0) is 62.6 Å². The highest BCUT2D eigenvalue weighted by molar-refractivity contribution is 7.98. The third kappa shape index (κ3) is 13.6. The van der Waals surface area contributed by atoms with E-state index in [1.54, 1.807) is 6.92 Å². The summed E-state index contributed by atoms with van der Waals surface area (Å²) in [7, 11) is -0.846. The van der Waals surface area contributed by atoms with Crippen LogP contribution in [-0.4, -0.2) is 67.3 Å². The number of rotatable bonds is 22. The van der Waals surface area contributed by atoms with Crippen molar-refractivity contribution in [2.45, 2.75) is 64.0 Å². The van der Waals surface area contributed by atoms with Gasteiger partial charge in [0.1, 0.15) is 29.2 Å². The van der Waals surface area contributed by atoms with Crippen LogP contribution in [0, 0.1) is 4.91 Å². The van der Waals surface area contributed by atoms with Crippen LogP contribution in [0.25, 0.3) is 0 Å². The van der Waals surface area contributed by atoms with E-state index in [4.69, 9.17) is 4.74 Å². The summed E-state index contributed by atoms with van der Waals surface area (Å²) in [6.07, 6.45) is 1.71. The average Bonchev–Trinajstić information content (AvgIpc) is 3.15. The number of nitrogens with one attached hydrogen (secondary N) is 2. The van der Waals surface area contributed by atoms with Crippen LogP contribution >= 0.6 is 19.2 Å². The van der Waals surface area contributed by atoms with Gasteiger partial charge in [-0.25, -0.2) is 4.79 Å². The van der Waals surface area contributed by atoms with Gasteiger partial charge in [-0.2, -0.15) is 0 Å². The Kier molecular flexibility index (Phi) is 19.9. The molecule has 0 spiro atoms. The minimum atomic E-state index is -2.05. The Bertz CT molecular complexity index is 1460. The predicted octanol–water partition coefficient (Wildman–Crippen LogP) is 1.40. The van der Waals surface area contributed by atoms with Crippen molar-refractivity contribution < 1.29 is 50.4 Å². The van der Waals surface area contributed by atoms with Crippen LogP contribution in [0.5, 0.6) is 0 Å². The van der Waals surface area contributed by atoms with Gasteiger partial charge in [-0.1, -0.05) is 54.6 Å². The SMILES string of the molecule is CCOC(=O)[C@H](CCC(=O)N[C@@H](CSN=O)C(=O)CCC(=O)OC)NC(=O)CCCC[P+](c1ccccc1)(c1ccccc1)c1ccccc1.[Br-]. The number of Topliss-reactive ketones (excluding diaryl/α,β-unsaturated/α-hetero) is 1. The van der Waals surface area contributed by atoms with E-state index in [-0.39, 0.29) is 67.4 Å². The van der Waals surface area contributed by atoms with Crippen LogP contribution in [0.2, 0.25) is 0 Å². The van der Waals surface area contributed by atoms with Crippen LogP contribution in [0.15, 0.2) is 95.6 Å². The van der Waals surface area contributed by atoms with E-state index in [1.165, 1.54) is 23.0 Å². The van der Waals surface area contributed by atoms with Crippen molar-refractivity contribution in [3.8, 4) is 0 Å². The molecule has 0 saturated carbocycles. The highest BCUT2D eigenvalue weighted by atomic mass is 79.9. The number of nitroso groups, excluding NO2 is 1. The first-order valence-electron chi connectivity index (χ1n) is 16.6. The summed E-state index contributed by atoms with van der Waals surface area (Å²) in [6, 6.07) is 29.3. The number of hydrogen-bond donors (Lipinski definition) is 2. The Balaban J connectivity index is 0.00000901. The van der Waals surface area contributed by atoms with Gasteiger partial charge in [-0.15, -0.1) is 4.91 Å². The molecule has 2 amide bonds. The fraction of sp³-hybridized carbons (Fsp3) is 0.378. The summed E-state index contributed by atoms with van der Waals surface area (Å²) >= 11 is 0.566. The van der Waals surface area contributed by atoms with Crippen LogP contribution in [0.4, 0.5) is 0 Å². The van der Waals surface area contributed by atoms with Gasteiger partial charge in [0.2, 0.25) is 11.8 Å². The van der Waals surface area contributed by atoms with Crippen molar-refractivity contribution in [1.29, 1.82) is 0 Å². The van der Waals surface area contributed by atoms with E-state index in [0.717, 1.165) is 12.6 Å². The lowest BCUT2D eigenvalue weighted by atomic mass is 10.1. The van der Waals surface area contributed by atoms with Crippen molar-refractivity contribution in [3.05, 3.63) is 95.9 Å². The molecule has 11 nitrogen and oxygen atoms in total. The lowest BCUT2D eigenvalue weighted by molar-refractivity contribution is -0.147. The molecule has 0 unspecified atom stereocenters. The molecular formula is C37H45BrN3O8PS. The number of unbranched alkanes of at least 4 members (excludes halogenated alkanes) is 1. The molecule has 0 bridgehead atoms. The number of benzene rings is 3. The summed E-state index contributed by atoms with van der Waals surface area (Å²) in [6.45, 7) is 1.74. The maximum atomic E-state index is 13.1. The zero-order chi connectivity index (χ0) is 36.2. The molecule has 14 heteroatoms. The number of methoxy groups -OCH3 is 1. The third-order valence-electron chi connectivity index (χ3n) is 8.13. The molecule has 0 fully saturated rings. The van der Waals surface area contributed by atoms with E-state index in [1.807, 2.05) is 18.2 Å².